The van der Waals surface area contributed by atoms with Gasteiger partial charge in [0.15, 0.2) is 5.13 Å². The average molecular weight is 283 g/mol. The van der Waals surface area contributed by atoms with Crippen LogP contribution in [0.4, 0.5) is 18.3 Å². The molecule has 0 saturated carbocycles. The van der Waals surface area contributed by atoms with E-state index in [4.69, 9.17) is 10.8 Å². The zero-order valence-corrected chi connectivity index (χ0v) is 10.3. The normalized spacial score (nSPS) is 11.6. The van der Waals surface area contributed by atoms with Crippen molar-refractivity contribution in [2.75, 3.05) is 25.4 Å². The van der Waals surface area contributed by atoms with Crippen molar-refractivity contribution < 1.29 is 23.1 Å². The van der Waals surface area contributed by atoms with E-state index in [1.54, 1.807) is 0 Å². The Morgan fingerprint density at radius 3 is 2.56 bits per heavy atom. The smallest absolute Gasteiger partial charge is 0.395 e. The largest absolute Gasteiger partial charge is 0.406 e. The zero-order valence-electron chi connectivity index (χ0n) is 9.49. The molecule has 0 aromatic carbocycles. The molecule has 0 fully saturated rings. The van der Waals surface area contributed by atoms with Gasteiger partial charge in [-0.15, -0.1) is 0 Å². The van der Waals surface area contributed by atoms with Gasteiger partial charge in [-0.05, 0) is 6.92 Å². The summed E-state index contributed by atoms with van der Waals surface area (Å²) in [6.45, 7) is -0.862. The first-order valence-electron chi connectivity index (χ1n) is 4.94. The van der Waals surface area contributed by atoms with E-state index in [1.807, 2.05) is 0 Å². The lowest BCUT2D eigenvalue weighted by Crippen LogP contribution is -2.40. The third kappa shape index (κ3) is 3.84. The number of hydrogen-bond acceptors (Lipinski definition) is 5. The van der Waals surface area contributed by atoms with Crippen LogP contribution in [-0.2, 0) is 0 Å². The van der Waals surface area contributed by atoms with Crippen molar-refractivity contribution in [2.24, 2.45) is 0 Å². The quantitative estimate of drug-likeness (QED) is 0.865. The van der Waals surface area contributed by atoms with E-state index in [1.165, 1.54) is 6.92 Å². The van der Waals surface area contributed by atoms with Crippen molar-refractivity contribution in [3.8, 4) is 0 Å². The number of amides is 1. The number of aromatic nitrogens is 1. The maximum absolute atomic E-state index is 12.3. The molecule has 0 unspecified atom stereocenters. The van der Waals surface area contributed by atoms with Crippen LogP contribution in [0.15, 0.2) is 0 Å². The number of aryl methyl sites for hydroxylation is 1. The molecule has 102 valence electrons. The Morgan fingerprint density at radius 2 is 2.17 bits per heavy atom. The predicted molar refractivity (Wildman–Crippen MR) is 60.3 cm³/mol. The van der Waals surface area contributed by atoms with Gasteiger partial charge in [0, 0.05) is 6.54 Å². The molecule has 1 aromatic heterocycles. The van der Waals surface area contributed by atoms with Crippen LogP contribution in [-0.4, -0.2) is 46.8 Å². The Morgan fingerprint density at radius 1 is 1.56 bits per heavy atom. The summed E-state index contributed by atoms with van der Waals surface area (Å²) in [5, 5.41) is 8.82. The number of nitrogens with two attached hydrogens (primary N) is 1. The van der Waals surface area contributed by atoms with Gasteiger partial charge >= 0.3 is 6.18 Å². The number of hydrogen-bond donors (Lipinski definition) is 2. The minimum atomic E-state index is -4.52. The third-order valence-electron chi connectivity index (χ3n) is 2.03. The second-order valence-corrected chi connectivity index (χ2v) is 4.56. The SMILES string of the molecule is Cc1nc(N)sc1C(=O)N(CCO)CC(F)(F)F. The molecule has 5 nitrogen and oxygen atoms in total. The fourth-order valence-electron chi connectivity index (χ4n) is 1.35. The van der Waals surface area contributed by atoms with E-state index < -0.39 is 31.8 Å². The van der Waals surface area contributed by atoms with Crippen LogP contribution in [0.5, 0.6) is 0 Å². The summed E-state index contributed by atoms with van der Waals surface area (Å²) >= 11 is 0.829. The van der Waals surface area contributed by atoms with Crippen molar-refractivity contribution in [3.05, 3.63) is 10.6 Å². The van der Waals surface area contributed by atoms with Crippen LogP contribution in [0, 0.1) is 6.92 Å². The first kappa shape index (κ1) is 14.7. The minimum Gasteiger partial charge on any atom is -0.395 e. The molecule has 1 aromatic rings. The average Bonchev–Trinajstić information content (AvgIpc) is 2.54. The first-order chi connectivity index (χ1) is 8.24. The van der Waals surface area contributed by atoms with Crippen molar-refractivity contribution in [1.29, 1.82) is 0 Å². The Balaban J connectivity index is 2.92. The van der Waals surface area contributed by atoms with Crippen LogP contribution in [0.1, 0.15) is 15.4 Å². The van der Waals surface area contributed by atoms with Gasteiger partial charge in [0.25, 0.3) is 5.91 Å². The topological polar surface area (TPSA) is 79.5 Å². The molecule has 0 aliphatic carbocycles. The summed E-state index contributed by atoms with van der Waals surface area (Å²) in [7, 11) is 0. The van der Waals surface area contributed by atoms with E-state index in [2.05, 4.69) is 4.98 Å². The molecule has 0 aliphatic rings. The minimum absolute atomic E-state index is 0.0604. The standard InChI is InChI=1S/C9H12F3N3O2S/c1-5-6(18-8(13)14-5)7(17)15(2-3-16)4-9(10,11)12/h16H,2-4H2,1H3,(H2,13,14). The molecule has 1 heterocycles. The highest BCUT2D eigenvalue weighted by molar-refractivity contribution is 7.17. The Kier molecular flexibility index (Phi) is 4.52. The van der Waals surface area contributed by atoms with Gasteiger partial charge in [-0.25, -0.2) is 4.98 Å². The number of halogens is 3. The highest BCUT2D eigenvalue weighted by atomic mass is 32.1. The van der Waals surface area contributed by atoms with Gasteiger partial charge in [0.1, 0.15) is 11.4 Å². The fraction of sp³-hybridized carbons (Fsp3) is 0.556. The van der Waals surface area contributed by atoms with Crippen molar-refractivity contribution in [1.82, 2.24) is 9.88 Å². The Hall–Kier alpha value is -1.35. The van der Waals surface area contributed by atoms with E-state index in [-0.39, 0.29) is 15.7 Å². The summed E-state index contributed by atoms with van der Waals surface area (Å²) in [6, 6.07) is 0. The van der Waals surface area contributed by atoms with Gasteiger partial charge in [-0.3, -0.25) is 4.79 Å². The molecular weight excluding hydrogens is 271 g/mol. The number of anilines is 1. The molecule has 9 heteroatoms. The van der Waals surface area contributed by atoms with Crippen LogP contribution in [0.25, 0.3) is 0 Å². The van der Waals surface area contributed by atoms with Crippen LogP contribution in [0.2, 0.25) is 0 Å². The fourth-order valence-corrected chi connectivity index (χ4v) is 2.15. The molecular formula is C9H12F3N3O2S. The maximum atomic E-state index is 12.3. The van der Waals surface area contributed by atoms with Crippen LogP contribution >= 0.6 is 11.3 Å². The molecule has 3 N–H and O–H groups in total. The summed E-state index contributed by atoms with van der Waals surface area (Å²) in [5.74, 6) is -0.826. The number of nitrogen functional groups attached to an aromatic ring is 1. The zero-order chi connectivity index (χ0) is 13.9. The number of carbonyl (C=O) groups is 1. The second kappa shape index (κ2) is 5.53. The number of aliphatic hydroxyl groups excluding tert-OH is 1. The van der Waals surface area contributed by atoms with Gasteiger partial charge < -0.3 is 15.7 Å². The van der Waals surface area contributed by atoms with Crippen molar-refractivity contribution >= 4 is 22.4 Å². The van der Waals surface area contributed by atoms with Gasteiger partial charge in [0.05, 0.1) is 12.3 Å². The molecule has 0 bridgehead atoms. The van der Waals surface area contributed by atoms with Gasteiger partial charge in [-0.1, -0.05) is 11.3 Å². The van der Waals surface area contributed by atoms with Crippen LogP contribution in [0.3, 0.4) is 0 Å². The number of rotatable bonds is 4. The lowest BCUT2D eigenvalue weighted by molar-refractivity contribution is -0.141. The molecule has 1 rings (SSSR count). The van der Waals surface area contributed by atoms with E-state index >= 15 is 0 Å². The van der Waals surface area contributed by atoms with E-state index in [9.17, 15) is 18.0 Å². The van der Waals surface area contributed by atoms with Crippen molar-refractivity contribution in [3.63, 3.8) is 0 Å². The summed E-state index contributed by atoms with van der Waals surface area (Å²) < 4.78 is 36.9. The first-order valence-corrected chi connectivity index (χ1v) is 5.76. The highest BCUT2D eigenvalue weighted by Gasteiger charge is 2.34. The molecule has 0 aliphatic heterocycles. The number of nitrogens with zero attached hydrogens (tertiary/aromatic N) is 2. The van der Waals surface area contributed by atoms with E-state index in [0.29, 0.717) is 4.90 Å². The molecule has 0 atom stereocenters. The van der Waals surface area contributed by atoms with E-state index in [0.717, 1.165) is 11.3 Å². The maximum Gasteiger partial charge on any atom is 0.406 e. The van der Waals surface area contributed by atoms with Crippen molar-refractivity contribution in [2.45, 2.75) is 13.1 Å². The highest BCUT2D eigenvalue weighted by Crippen LogP contribution is 2.23. The molecule has 18 heavy (non-hydrogen) atoms. The van der Waals surface area contributed by atoms with Gasteiger partial charge in [-0.2, -0.15) is 13.2 Å². The number of carbonyl (C=O) groups excluding carboxylic acids is 1. The monoisotopic (exact) mass is 283 g/mol. The molecule has 0 radical (unpaired) electrons. The lowest BCUT2D eigenvalue weighted by atomic mass is 10.3. The lowest BCUT2D eigenvalue weighted by Gasteiger charge is -2.22. The Labute approximate surface area is 105 Å². The molecule has 0 spiro atoms. The second-order valence-electron chi connectivity index (χ2n) is 3.53. The number of alkyl halides is 3. The van der Waals surface area contributed by atoms with Crippen LogP contribution < -0.4 is 5.73 Å². The third-order valence-corrected chi connectivity index (χ3v) is 3.01. The molecule has 0 saturated heterocycles. The number of thiazole rings is 1. The molecule has 1 amide bonds. The summed E-state index contributed by atoms with van der Waals surface area (Å²) in [5.41, 5.74) is 5.67. The Bertz CT molecular complexity index is 433. The predicted octanol–water partition coefficient (Wildman–Crippen LogP) is 1.03. The summed E-state index contributed by atoms with van der Waals surface area (Å²) in [6.07, 6.45) is -4.52. The summed E-state index contributed by atoms with van der Waals surface area (Å²) in [4.78, 5) is 16.2. The van der Waals surface area contributed by atoms with Gasteiger partial charge in [0.2, 0.25) is 0 Å². The number of aliphatic hydroxyl groups is 1.